The molecule has 1 aliphatic rings. The first-order chi connectivity index (χ1) is 15.9. The molecule has 1 aromatic carbocycles. The molecule has 1 unspecified atom stereocenters. The molecule has 1 atom stereocenters. The maximum Gasteiger partial charge on any atom is 0.252 e. The highest BCUT2D eigenvalue weighted by atomic mass is 16.5. The summed E-state index contributed by atoms with van der Waals surface area (Å²) in [5, 5.41) is 11.2. The van der Waals surface area contributed by atoms with E-state index < -0.39 is 28.6 Å². The van der Waals surface area contributed by atoms with Crippen LogP contribution in [0.2, 0.25) is 0 Å². The lowest BCUT2D eigenvalue weighted by Crippen LogP contribution is -2.29. The number of H-pyrrole nitrogens is 1. The molecule has 0 radical (unpaired) electrons. The zero-order valence-electron chi connectivity index (χ0n) is 18.4. The van der Waals surface area contributed by atoms with Gasteiger partial charge in [-0.25, -0.2) is 0 Å². The quantitative estimate of drug-likeness (QED) is 0.498. The summed E-state index contributed by atoms with van der Waals surface area (Å²) in [4.78, 5) is 42.3. The molecule has 0 spiro atoms. The Bertz CT molecular complexity index is 1290. The lowest BCUT2D eigenvalue weighted by atomic mass is 9.92. The lowest BCUT2D eigenvalue weighted by Gasteiger charge is -2.26. The van der Waals surface area contributed by atoms with Crippen LogP contribution in [0, 0.1) is 0 Å². The van der Waals surface area contributed by atoms with Crippen molar-refractivity contribution >= 4 is 16.8 Å². The van der Waals surface area contributed by atoms with Crippen molar-refractivity contribution in [2.45, 2.75) is 38.1 Å². The molecular formula is C24H27N3O6. The summed E-state index contributed by atoms with van der Waals surface area (Å²) in [6.45, 7) is 2.17. The standard InChI is InChI=1S/C24H27N3O6/c1-32-15-5-6-19-14(9-15)10-18(24(31)26-19)17(12-21(25)29)23-22(30)20(28)11-16(33-23)13-27-7-3-2-4-8-27/h5-6,9-11,17,30H,2-4,7-8,12-13H2,1H3,(H2,25,29)(H,26,31). The number of aromatic hydroxyl groups is 1. The lowest BCUT2D eigenvalue weighted by molar-refractivity contribution is -0.118. The number of methoxy groups -OCH3 is 1. The van der Waals surface area contributed by atoms with Gasteiger partial charge in [-0.1, -0.05) is 6.42 Å². The summed E-state index contributed by atoms with van der Waals surface area (Å²) in [5.41, 5.74) is 5.10. The topological polar surface area (TPSA) is 139 Å². The number of amides is 1. The normalized spacial score (nSPS) is 15.4. The van der Waals surface area contributed by atoms with Gasteiger partial charge < -0.3 is 25.0 Å². The summed E-state index contributed by atoms with van der Waals surface area (Å²) >= 11 is 0. The van der Waals surface area contributed by atoms with Crippen LogP contribution in [0.25, 0.3) is 10.9 Å². The number of rotatable bonds is 7. The highest BCUT2D eigenvalue weighted by Gasteiger charge is 2.28. The van der Waals surface area contributed by atoms with Crippen LogP contribution in [-0.2, 0) is 11.3 Å². The Labute approximate surface area is 189 Å². The number of hydrogen-bond donors (Lipinski definition) is 3. The van der Waals surface area contributed by atoms with E-state index in [1.807, 2.05) is 0 Å². The number of nitrogens with two attached hydrogens (primary N) is 1. The Hall–Kier alpha value is -3.59. The molecule has 9 heteroatoms. The van der Waals surface area contributed by atoms with Gasteiger partial charge in [0.25, 0.3) is 5.56 Å². The van der Waals surface area contributed by atoms with Crippen LogP contribution in [0.4, 0.5) is 0 Å². The highest BCUT2D eigenvalue weighted by molar-refractivity contribution is 5.81. The van der Waals surface area contributed by atoms with Crippen molar-refractivity contribution in [1.82, 2.24) is 9.88 Å². The van der Waals surface area contributed by atoms with E-state index in [1.165, 1.54) is 13.2 Å². The Morgan fingerprint density at radius 1 is 1.21 bits per heavy atom. The van der Waals surface area contributed by atoms with E-state index in [2.05, 4.69) is 9.88 Å². The molecule has 3 aromatic rings. The number of aromatic nitrogens is 1. The monoisotopic (exact) mass is 453 g/mol. The van der Waals surface area contributed by atoms with Crippen LogP contribution >= 0.6 is 0 Å². The fraction of sp³-hybridized carbons (Fsp3) is 0.375. The number of likely N-dealkylation sites (tertiary alicyclic amines) is 1. The van der Waals surface area contributed by atoms with Crippen LogP contribution in [0.1, 0.15) is 48.7 Å². The van der Waals surface area contributed by atoms with E-state index in [9.17, 15) is 19.5 Å². The third-order valence-corrected chi connectivity index (χ3v) is 6.01. The number of nitrogens with one attached hydrogen (secondary N) is 1. The van der Waals surface area contributed by atoms with E-state index in [0.717, 1.165) is 32.4 Å². The van der Waals surface area contributed by atoms with E-state index >= 15 is 0 Å². The fourth-order valence-corrected chi connectivity index (χ4v) is 4.34. The number of pyridine rings is 1. The molecule has 0 aliphatic carbocycles. The number of aromatic amines is 1. The van der Waals surface area contributed by atoms with E-state index in [-0.39, 0.29) is 17.7 Å². The molecule has 4 N–H and O–H groups in total. The average Bonchev–Trinajstić information content (AvgIpc) is 2.80. The van der Waals surface area contributed by atoms with Gasteiger partial charge in [-0.15, -0.1) is 0 Å². The number of primary amides is 1. The molecule has 1 fully saturated rings. The van der Waals surface area contributed by atoms with Crippen LogP contribution in [-0.4, -0.2) is 41.1 Å². The Morgan fingerprint density at radius 3 is 2.67 bits per heavy atom. The minimum Gasteiger partial charge on any atom is -0.502 e. The van der Waals surface area contributed by atoms with Gasteiger partial charge in [0.1, 0.15) is 11.5 Å². The molecule has 9 nitrogen and oxygen atoms in total. The number of benzene rings is 1. The van der Waals surface area contributed by atoms with Crippen molar-refractivity contribution in [3.63, 3.8) is 0 Å². The summed E-state index contributed by atoms with van der Waals surface area (Å²) in [5.74, 6) is -1.55. The first-order valence-corrected chi connectivity index (χ1v) is 10.9. The second kappa shape index (κ2) is 9.50. The van der Waals surface area contributed by atoms with E-state index in [4.69, 9.17) is 14.9 Å². The maximum absolute atomic E-state index is 12.9. The zero-order valence-corrected chi connectivity index (χ0v) is 18.4. The minimum atomic E-state index is -1.03. The van der Waals surface area contributed by atoms with E-state index in [0.29, 0.717) is 29.0 Å². The van der Waals surface area contributed by atoms with E-state index in [1.54, 1.807) is 24.3 Å². The SMILES string of the molecule is COc1ccc2[nH]c(=O)c(C(CC(N)=O)c3oc(CN4CCCCC4)cc(=O)c3O)cc2c1. The number of nitrogens with zero attached hydrogens (tertiary/aromatic N) is 1. The molecule has 4 rings (SSSR count). The molecule has 1 aliphatic heterocycles. The molecule has 1 saturated heterocycles. The van der Waals surface area contributed by atoms with Gasteiger partial charge in [-0.05, 0) is 50.2 Å². The largest absolute Gasteiger partial charge is 0.502 e. The smallest absolute Gasteiger partial charge is 0.252 e. The van der Waals surface area contributed by atoms with Crippen LogP contribution < -0.4 is 21.5 Å². The summed E-state index contributed by atoms with van der Waals surface area (Å²) < 4.78 is 11.2. The predicted molar refractivity (Wildman–Crippen MR) is 123 cm³/mol. The van der Waals surface area contributed by atoms with Crippen molar-refractivity contribution in [2.75, 3.05) is 20.2 Å². The van der Waals surface area contributed by atoms with Gasteiger partial charge in [0.15, 0.2) is 5.76 Å². The maximum atomic E-state index is 12.9. The summed E-state index contributed by atoms with van der Waals surface area (Å²) in [6.07, 6.45) is 2.98. The second-order valence-corrected chi connectivity index (χ2v) is 8.36. The molecule has 174 valence electrons. The number of fused-ring (bicyclic) bond motifs is 1. The van der Waals surface area contributed by atoms with Crippen molar-refractivity contribution < 1.29 is 19.1 Å². The second-order valence-electron chi connectivity index (χ2n) is 8.36. The summed E-state index contributed by atoms with van der Waals surface area (Å²) in [7, 11) is 1.53. The van der Waals surface area contributed by atoms with Crippen molar-refractivity contribution in [3.8, 4) is 11.5 Å². The summed E-state index contributed by atoms with van der Waals surface area (Å²) in [6, 6.07) is 8.01. The molecule has 0 saturated carbocycles. The average molecular weight is 453 g/mol. The zero-order chi connectivity index (χ0) is 23.5. The number of hydrogen-bond acceptors (Lipinski definition) is 7. The van der Waals surface area contributed by atoms with Gasteiger partial charge in [0.2, 0.25) is 17.1 Å². The molecule has 0 bridgehead atoms. The highest BCUT2D eigenvalue weighted by Crippen LogP contribution is 2.33. The first-order valence-electron chi connectivity index (χ1n) is 10.9. The van der Waals surface area contributed by atoms with Crippen molar-refractivity contribution in [1.29, 1.82) is 0 Å². The molecule has 1 amide bonds. The number of ether oxygens (including phenoxy) is 1. The van der Waals surface area contributed by atoms with Crippen molar-refractivity contribution in [3.05, 3.63) is 68.0 Å². The molecule has 33 heavy (non-hydrogen) atoms. The fourth-order valence-electron chi connectivity index (χ4n) is 4.34. The van der Waals surface area contributed by atoms with Gasteiger partial charge in [0.05, 0.1) is 19.6 Å². The Balaban J connectivity index is 1.82. The number of carbonyl (C=O) groups excluding carboxylic acids is 1. The minimum absolute atomic E-state index is 0.138. The van der Waals surface area contributed by atoms with Gasteiger partial charge in [-0.3, -0.25) is 19.3 Å². The molecule has 3 heterocycles. The van der Waals surface area contributed by atoms with Crippen LogP contribution in [0.15, 0.2) is 44.3 Å². The van der Waals surface area contributed by atoms with Gasteiger partial charge in [0, 0.05) is 29.0 Å². The Morgan fingerprint density at radius 2 is 1.97 bits per heavy atom. The molecular weight excluding hydrogens is 426 g/mol. The molecule has 2 aromatic heterocycles. The number of piperidine rings is 1. The van der Waals surface area contributed by atoms with Gasteiger partial charge >= 0.3 is 0 Å². The van der Waals surface area contributed by atoms with Crippen LogP contribution in [0.3, 0.4) is 0 Å². The van der Waals surface area contributed by atoms with Crippen LogP contribution in [0.5, 0.6) is 11.5 Å². The number of carbonyl (C=O) groups is 1. The van der Waals surface area contributed by atoms with Crippen molar-refractivity contribution in [2.24, 2.45) is 5.73 Å². The first kappa shape index (κ1) is 22.6. The Kier molecular flexibility index (Phi) is 6.50. The van der Waals surface area contributed by atoms with Gasteiger partial charge in [-0.2, -0.15) is 0 Å². The predicted octanol–water partition coefficient (Wildman–Crippen LogP) is 2.19. The third kappa shape index (κ3) is 4.93. The third-order valence-electron chi connectivity index (χ3n) is 6.01.